The molecule has 0 saturated heterocycles. The molecule has 0 radical (unpaired) electrons. The zero-order valence-corrected chi connectivity index (χ0v) is 38.1. The van der Waals surface area contributed by atoms with Gasteiger partial charge in [0, 0.05) is 0 Å². The SMILES string of the molecule is CCCCCCOC(=O)C(C)(C)NP(=O)(CO[C@H](C)Cn1cnc2c(NC(=O)OCC(C)(C)C(=O)OCc3oc(=O)oc3C)ncnc21)NC(C)(C)C(=O)OCCCCCC. The molecular formula is C40H64N7O13P. The van der Waals surface area contributed by atoms with Crippen molar-refractivity contribution in [2.24, 2.45) is 5.41 Å². The van der Waals surface area contributed by atoms with E-state index in [1.54, 1.807) is 39.2 Å². The van der Waals surface area contributed by atoms with Crippen molar-refractivity contribution in [3.8, 4) is 0 Å². The number of nitrogens with one attached hydrogen (secondary N) is 3. The Kier molecular flexibility index (Phi) is 19.1. The molecule has 20 nitrogen and oxygen atoms in total. The Hall–Kier alpha value is -4.65. The highest BCUT2D eigenvalue weighted by atomic mass is 31.2. The molecule has 0 aliphatic carbocycles. The standard InChI is InChI=1S/C40H64N7O13P/c1-11-13-15-17-19-54-34(49)39(7,8)45-61(53,46-40(9,10)35(50)55-20-18-16-14-12-2)26-58-27(3)21-47-25-43-30-31(41-24-42-32(30)47)44-36(51)57-23-38(5,6)33(48)56-22-29-28(4)59-37(52)60-29/h24-25,27H,11-23,26H2,1-10H3,(H2,45,46,53)(H,41,42,44,51)/t27-/m1/s1. The first-order valence-electron chi connectivity index (χ1n) is 20.6. The summed E-state index contributed by atoms with van der Waals surface area (Å²) in [6, 6.07) is 0. The van der Waals surface area contributed by atoms with Gasteiger partial charge in [-0.2, -0.15) is 0 Å². The van der Waals surface area contributed by atoms with Crippen LogP contribution in [-0.2, 0) is 55.8 Å². The predicted octanol–water partition coefficient (Wildman–Crippen LogP) is 6.54. The number of rotatable bonds is 27. The van der Waals surface area contributed by atoms with Gasteiger partial charge in [-0.3, -0.25) is 24.3 Å². The zero-order chi connectivity index (χ0) is 45.4. The molecule has 0 bridgehead atoms. The molecule has 0 aliphatic rings. The van der Waals surface area contributed by atoms with E-state index in [0.29, 0.717) is 18.5 Å². The number of nitrogens with zero attached hydrogens (tertiary/aromatic N) is 4. The molecule has 0 fully saturated rings. The minimum atomic E-state index is -3.91. The van der Waals surface area contributed by atoms with Crippen molar-refractivity contribution in [1.29, 1.82) is 0 Å². The van der Waals surface area contributed by atoms with Gasteiger partial charge >= 0.3 is 29.8 Å². The van der Waals surface area contributed by atoms with Crippen LogP contribution in [0.25, 0.3) is 11.2 Å². The first-order chi connectivity index (χ1) is 28.6. The number of aromatic nitrogens is 4. The number of hydrogen-bond donors (Lipinski definition) is 3. The van der Waals surface area contributed by atoms with Crippen LogP contribution in [0.3, 0.4) is 0 Å². The van der Waals surface area contributed by atoms with Gasteiger partial charge < -0.3 is 37.1 Å². The van der Waals surface area contributed by atoms with Gasteiger partial charge in [0.2, 0.25) is 7.44 Å². The highest BCUT2D eigenvalue weighted by Crippen LogP contribution is 2.42. The van der Waals surface area contributed by atoms with Gasteiger partial charge in [-0.1, -0.05) is 52.4 Å². The molecule has 3 N–H and O–H groups in total. The number of esters is 3. The lowest BCUT2D eigenvalue weighted by Crippen LogP contribution is -2.54. The molecule has 1 amide bonds. The van der Waals surface area contributed by atoms with Crippen LogP contribution in [0.4, 0.5) is 10.6 Å². The number of unbranched alkanes of at least 4 members (excludes halogenated alkanes) is 6. The topological polar surface area (TPSA) is 255 Å². The maximum absolute atomic E-state index is 14.7. The normalized spacial score (nSPS) is 12.9. The van der Waals surface area contributed by atoms with E-state index < -0.39 is 66.2 Å². The van der Waals surface area contributed by atoms with Crippen molar-refractivity contribution < 1.29 is 56.3 Å². The van der Waals surface area contributed by atoms with Crippen LogP contribution in [0.15, 0.2) is 26.3 Å². The van der Waals surface area contributed by atoms with Gasteiger partial charge in [0.25, 0.3) is 0 Å². The fraction of sp³-hybridized carbons (Fsp3) is 0.700. The number of fused-ring (bicyclic) bond motifs is 1. The maximum atomic E-state index is 14.7. The number of imidazole rings is 1. The molecule has 0 unspecified atom stereocenters. The van der Waals surface area contributed by atoms with E-state index in [-0.39, 0.29) is 55.8 Å². The van der Waals surface area contributed by atoms with Crippen molar-refractivity contribution in [1.82, 2.24) is 29.7 Å². The molecule has 21 heteroatoms. The number of carbonyl (C=O) groups is 4. The molecule has 3 rings (SSSR count). The van der Waals surface area contributed by atoms with Crippen molar-refractivity contribution in [2.75, 3.05) is 31.5 Å². The number of hydrogen-bond acceptors (Lipinski definition) is 16. The Balaban J connectivity index is 1.67. The summed E-state index contributed by atoms with van der Waals surface area (Å²) in [5, 5.41) is 8.38. The lowest BCUT2D eigenvalue weighted by molar-refractivity contribution is -0.158. The van der Waals surface area contributed by atoms with E-state index in [1.165, 1.54) is 33.4 Å². The third-order valence-electron chi connectivity index (χ3n) is 9.31. The Labute approximate surface area is 356 Å². The molecular weight excluding hydrogens is 817 g/mol. The van der Waals surface area contributed by atoms with E-state index in [2.05, 4.69) is 44.3 Å². The fourth-order valence-corrected chi connectivity index (χ4v) is 8.41. The number of carbonyl (C=O) groups excluding carboxylic acids is 4. The lowest BCUT2D eigenvalue weighted by Gasteiger charge is -2.35. The zero-order valence-electron chi connectivity index (χ0n) is 37.2. The van der Waals surface area contributed by atoms with E-state index in [0.717, 1.165) is 38.5 Å². The first kappa shape index (κ1) is 50.7. The molecule has 3 aromatic heterocycles. The third kappa shape index (κ3) is 16.0. The van der Waals surface area contributed by atoms with Crippen LogP contribution in [0.5, 0.6) is 0 Å². The Bertz CT molecular complexity index is 1980. The summed E-state index contributed by atoms with van der Waals surface area (Å²) >= 11 is 0. The first-order valence-corrected chi connectivity index (χ1v) is 22.5. The second-order valence-electron chi connectivity index (χ2n) is 16.6. The van der Waals surface area contributed by atoms with Crippen molar-refractivity contribution in [3.05, 3.63) is 34.8 Å². The van der Waals surface area contributed by atoms with E-state index in [4.69, 9.17) is 32.5 Å². The van der Waals surface area contributed by atoms with Crippen LogP contribution in [0.2, 0.25) is 0 Å². The number of amides is 1. The molecule has 342 valence electrons. The summed E-state index contributed by atoms with van der Waals surface area (Å²) in [5.74, 6) is -2.57. The van der Waals surface area contributed by atoms with Crippen LogP contribution in [0, 0.1) is 12.3 Å². The summed E-state index contributed by atoms with van der Waals surface area (Å²) in [4.78, 5) is 76.0. The smallest absolute Gasteiger partial charge is 0.464 e. The van der Waals surface area contributed by atoms with E-state index >= 15 is 0 Å². The molecule has 0 saturated carbocycles. The highest BCUT2D eigenvalue weighted by Gasteiger charge is 2.43. The lowest BCUT2D eigenvalue weighted by atomic mass is 9.95. The Morgan fingerprint density at radius 1 is 0.803 bits per heavy atom. The minimum absolute atomic E-state index is 0.0324. The summed E-state index contributed by atoms with van der Waals surface area (Å²) in [6.07, 6.45) is 8.05. The molecule has 61 heavy (non-hydrogen) atoms. The summed E-state index contributed by atoms with van der Waals surface area (Å²) in [7, 11) is -3.91. The molecule has 0 aliphatic heterocycles. The summed E-state index contributed by atoms with van der Waals surface area (Å²) in [5.41, 5.74) is -3.58. The van der Waals surface area contributed by atoms with Gasteiger partial charge in [0.05, 0.1) is 37.6 Å². The Morgan fingerprint density at radius 3 is 1.93 bits per heavy atom. The van der Waals surface area contributed by atoms with Crippen molar-refractivity contribution in [2.45, 2.75) is 151 Å². The fourth-order valence-electron chi connectivity index (χ4n) is 5.77. The second-order valence-corrected chi connectivity index (χ2v) is 18.8. The van der Waals surface area contributed by atoms with Crippen LogP contribution in [-0.4, -0.2) is 86.9 Å². The predicted molar refractivity (Wildman–Crippen MR) is 224 cm³/mol. The van der Waals surface area contributed by atoms with Crippen LogP contribution >= 0.6 is 7.44 Å². The molecule has 0 spiro atoms. The summed E-state index contributed by atoms with van der Waals surface area (Å²) in [6.45, 7) is 16.5. The van der Waals surface area contributed by atoms with Gasteiger partial charge in [0.15, 0.2) is 35.1 Å². The van der Waals surface area contributed by atoms with Crippen LogP contribution < -0.4 is 21.3 Å². The quantitative estimate of drug-likeness (QED) is 0.0318. The number of aryl methyl sites for hydroxylation is 1. The summed E-state index contributed by atoms with van der Waals surface area (Å²) < 4.78 is 53.7. The molecule has 1 atom stereocenters. The average Bonchev–Trinajstić information content (AvgIpc) is 3.75. The van der Waals surface area contributed by atoms with Crippen molar-refractivity contribution >= 4 is 48.4 Å². The second kappa shape index (κ2) is 23.0. The van der Waals surface area contributed by atoms with Gasteiger partial charge in [0.1, 0.15) is 30.4 Å². The molecule has 3 heterocycles. The maximum Gasteiger partial charge on any atom is 0.519 e. The monoisotopic (exact) mass is 881 g/mol. The van der Waals surface area contributed by atoms with Gasteiger partial charge in [-0.25, -0.2) is 34.7 Å². The minimum Gasteiger partial charge on any atom is -0.464 e. The Morgan fingerprint density at radius 2 is 1.39 bits per heavy atom. The molecule has 0 aromatic carbocycles. The molecule has 3 aromatic rings. The highest BCUT2D eigenvalue weighted by molar-refractivity contribution is 7.59. The van der Waals surface area contributed by atoms with Gasteiger partial charge in [-0.05, 0) is 68.2 Å². The number of anilines is 1. The average molecular weight is 882 g/mol. The number of ether oxygens (including phenoxy) is 5. The van der Waals surface area contributed by atoms with Crippen LogP contribution in [0.1, 0.15) is 125 Å². The van der Waals surface area contributed by atoms with E-state index in [9.17, 15) is 28.5 Å². The largest absolute Gasteiger partial charge is 0.519 e. The third-order valence-corrected chi connectivity index (χ3v) is 11.7. The van der Waals surface area contributed by atoms with Crippen molar-refractivity contribution in [3.63, 3.8) is 0 Å². The van der Waals surface area contributed by atoms with E-state index in [1.807, 2.05) is 0 Å². The van der Waals surface area contributed by atoms with Gasteiger partial charge in [-0.15, -0.1) is 0 Å².